The number of aromatic nitrogens is 3. The van der Waals surface area contributed by atoms with E-state index in [2.05, 4.69) is 15.0 Å². The van der Waals surface area contributed by atoms with Crippen LogP contribution in [0.25, 0.3) is 32.9 Å². The monoisotopic (exact) mass is 343 g/mol. The van der Waals surface area contributed by atoms with Gasteiger partial charge in [-0.15, -0.1) is 11.3 Å². The van der Waals surface area contributed by atoms with Crippen LogP contribution in [0.5, 0.6) is 0 Å². The zero-order valence-electron chi connectivity index (χ0n) is 12.0. The van der Waals surface area contributed by atoms with Crippen molar-refractivity contribution >= 4 is 33.2 Å². The van der Waals surface area contributed by atoms with Gasteiger partial charge in [-0.3, -0.25) is 4.79 Å². The molecule has 114 valence electrons. The molecule has 0 saturated carbocycles. The maximum absolute atomic E-state index is 12.6. The van der Waals surface area contributed by atoms with Crippen LogP contribution in [0, 0.1) is 6.92 Å². The number of nitrogens with zero attached hydrogens (tertiary/aromatic N) is 2. The van der Waals surface area contributed by atoms with Crippen LogP contribution in [-0.2, 0) is 0 Å². The summed E-state index contributed by atoms with van der Waals surface area (Å²) in [6, 6.07) is 7.43. The average Bonchev–Trinajstić information content (AvgIpc) is 3.14. The van der Waals surface area contributed by atoms with Gasteiger partial charge in [0, 0.05) is 28.5 Å². The Morgan fingerprint density at radius 3 is 2.78 bits per heavy atom. The summed E-state index contributed by atoms with van der Waals surface area (Å²) in [7, 11) is 0. The largest absolute Gasteiger partial charge is 0.449 e. The second-order valence-corrected chi connectivity index (χ2v) is 6.24. The summed E-state index contributed by atoms with van der Waals surface area (Å²) in [6.07, 6.45) is 1.47. The molecule has 1 aromatic carbocycles. The maximum atomic E-state index is 12.6. The van der Waals surface area contributed by atoms with Gasteiger partial charge < -0.3 is 9.40 Å². The summed E-state index contributed by atoms with van der Waals surface area (Å²) >= 11 is 7.65. The molecule has 7 heteroatoms. The Balaban J connectivity index is 1.95. The number of fused-ring (bicyclic) bond motifs is 1. The third kappa shape index (κ3) is 2.36. The number of aryl methyl sites for hydroxylation is 1. The SMILES string of the molecule is Cc1nc(-c2nc3scc(-c4ccccc4Cl)c3c(=O)[nH]2)co1. The second-order valence-electron chi connectivity index (χ2n) is 4.98. The van der Waals surface area contributed by atoms with Crippen LogP contribution in [0.3, 0.4) is 0 Å². The van der Waals surface area contributed by atoms with E-state index in [0.717, 1.165) is 11.1 Å². The van der Waals surface area contributed by atoms with Crippen molar-refractivity contribution in [3.63, 3.8) is 0 Å². The van der Waals surface area contributed by atoms with Crippen molar-refractivity contribution in [2.45, 2.75) is 6.92 Å². The predicted molar refractivity (Wildman–Crippen MR) is 90.9 cm³/mol. The molecule has 0 atom stereocenters. The Morgan fingerprint density at radius 1 is 1.22 bits per heavy atom. The Labute approximate surface area is 139 Å². The summed E-state index contributed by atoms with van der Waals surface area (Å²) in [6.45, 7) is 1.74. The van der Waals surface area contributed by atoms with Gasteiger partial charge in [-0.25, -0.2) is 9.97 Å². The van der Waals surface area contributed by atoms with E-state index in [9.17, 15) is 4.79 Å². The van der Waals surface area contributed by atoms with E-state index in [1.54, 1.807) is 13.0 Å². The molecule has 1 N–H and O–H groups in total. The molecule has 0 amide bonds. The quantitative estimate of drug-likeness (QED) is 0.590. The van der Waals surface area contributed by atoms with Crippen molar-refractivity contribution in [3.05, 3.63) is 57.2 Å². The van der Waals surface area contributed by atoms with E-state index < -0.39 is 0 Å². The number of rotatable bonds is 2. The van der Waals surface area contributed by atoms with Gasteiger partial charge in [-0.2, -0.15) is 0 Å². The molecule has 0 unspecified atom stereocenters. The van der Waals surface area contributed by atoms with Crippen molar-refractivity contribution in [1.82, 2.24) is 15.0 Å². The number of halogens is 1. The number of aromatic amines is 1. The minimum atomic E-state index is -0.221. The first-order chi connectivity index (χ1) is 11.1. The molecule has 4 aromatic rings. The van der Waals surface area contributed by atoms with E-state index >= 15 is 0 Å². The molecule has 0 saturated heterocycles. The number of nitrogens with one attached hydrogen (secondary N) is 1. The van der Waals surface area contributed by atoms with Crippen LogP contribution in [0.2, 0.25) is 5.02 Å². The molecule has 0 spiro atoms. The highest BCUT2D eigenvalue weighted by molar-refractivity contribution is 7.17. The fourth-order valence-electron chi connectivity index (χ4n) is 2.42. The van der Waals surface area contributed by atoms with E-state index in [4.69, 9.17) is 16.0 Å². The van der Waals surface area contributed by atoms with Crippen molar-refractivity contribution in [1.29, 1.82) is 0 Å². The normalized spacial score (nSPS) is 11.2. The van der Waals surface area contributed by atoms with Crippen LogP contribution < -0.4 is 5.56 Å². The summed E-state index contributed by atoms with van der Waals surface area (Å²) in [4.78, 5) is 24.6. The second kappa shape index (κ2) is 5.33. The number of H-pyrrole nitrogens is 1. The summed E-state index contributed by atoms with van der Waals surface area (Å²) in [5, 5.41) is 3.03. The van der Waals surface area contributed by atoms with Crippen molar-refractivity contribution in [3.8, 4) is 22.6 Å². The highest BCUT2D eigenvalue weighted by Gasteiger charge is 2.16. The lowest BCUT2D eigenvalue weighted by atomic mass is 10.1. The third-order valence-corrected chi connectivity index (χ3v) is 4.67. The Morgan fingerprint density at radius 2 is 2.04 bits per heavy atom. The van der Waals surface area contributed by atoms with Gasteiger partial charge in [-0.1, -0.05) is 29.8 Å². The van der Waals surface area contributed by atoms with Crippen LogP contribution in [0.4, 0.5) is 0 Å². The van der Waals surface area contributed by atoms with E-state index in [-0.39, 0.29) is 5.56 Å². The minimum absolute atomic E-state index is 0.221. The van der Waals surface area contributed by atoms with Crippen molar-refractivity contribution in [2.24, 2.45) is 0 Å². The standard InChI is InChI=1S/C16H10ClN3O2S/c1-8-18-12(6-22-8)14-19-15(21)13-10(7-23-16(13)20-14)9-4-2-3-5-11(9)17/h2-7H,1H3,(H,19,20,21). The summed E-state index contributed by atoms with van der Waals surface area (Å²) < 4.78 is 5.17. The predicted octanol–water partition coefficient (Wildman–Crippen LogP) is 4.27. The topological polar surface area (TPSA) is 71.8 Å². The average molecular weight is 344 g/mol. The molecule has 0 radical (unpaired) electrons. The van der Waals surface area contributed by atoms with Gasteiger partial charge in [0.2, 0.25) is 0 Å². The minimum Gasteiger partial charge on any atom is -0.449 e. The van der Waals surface area contributed by atoms with Crippen LogP contribution in [0.15, 0.2) is 45.1 Å². The highest BCUT2D eigenvalue weighted by Crippen LogP contribution is 2.35. The molecule has 3 aromatic heterocycles. The van der Waals surface area contributed by atoms with Gasteiger partial charge in [-0.05, 0) is 6.07 Å². The van der Waals surface area contributed by atoms with Crippen LogP contribution in [0.1, 0.15) is 5.89 Å². The molecular formula is C16H10ClN3O2S. The molecule has 0 bridgehead atoms. The zero-order valence-corrected chi connectivity index (χ0v) is 13.5. The summed E-state index contributed by atoms with van der Waals surface area (Å²) in [5.41, 5.74) is 1.89. The van der Waals surface area contributed by atoms with Crippen LogP contribution >= 0.6 is 22.9 Å². The fraction of sp³-hybridized carbons (Fsp3) is 0.0625. The maximum Gasteiger partial charge on any atom is 0.260 e. The molecule has 3 heterocycles. The van der Waals surface area contributed by atoms with E-state index in [1.807, 2.05) is 23.6 Å². The van der Waals surface area contributed by atoms with Gasteiger partial charge >= 0.3 is 0 Å². The first-order valence-electron chi connectivity index (χ1n) is 6.82. The molecule has 5 nitrogen and oxygen atoms in total. The highest BCUT2D eigenvalue weighted by atomic mass is 35.5. The number of hydrogen-bond donors (Lipinski definition) is 1. The number of oxazole rings is 1. The molecule has 0 fully saturated rings. The zero-order chi connectivity index (χ0) is 16.0. The van der Waals surface area contributed by atoms with Gasteiger partial charge in [0.05, 0.1) is 5.39 Å². The molecule has 23 heavy (non-hydrogen) atoms. The molecule has 0 aliphatic carbocycles. The molecule has 0 aliphatic rings. The van der Waals surface area contributed by atoms with Crippen LogP contribution in [-0.4, -0.2) is 15.0 Å². The number of hydrogen-bond acceptors (Lipinski definition) is 5. The lowest BCUT2D eigenvalue weighted by Crippen LogP contribution is -2.09. The Bertz CT molecular complexity index is 1080. The van der Waals surface area contributed by atoms with Gasteiger partial charge in [0.25, 0.3) is 5.56 Å². The van der Waals surface area contributed by atoms with Gasteiger partial charge in [0.1, 0.15) is 16.8 Å². The Kier molecular flexibility index (Phi) is 3.28. The van der Waals surface area contributed by atoms with E-state index in [1.165, 1.54) is 17.6 Å². The first-order valence-corrected chi connectivity index (χ1v) is 8.08. The smallest absolute Gasteiger partial charge is 0.260 e. The summed E-state index contributed by atoms with van der Waals surface area (Å²) in [5.74, 6) is 0.914. The Hall–Kier alpha value is -2.44. The van der Waals surface area contributed by atoms with E-state index in [0.29, 0.717) is 32.6 Å². The molecule has 0 aliphatic heterocycles. The van der Waals surface area contributed by atoms with Crippen molar-refractivity contribution in [2.75, 3.05) is 0 Å². The molecule has 4 rings (SSSR count). The molecular weight excluding hydrogens is 334 g/mol. The number of benzene rings is 1. The first kappa shape index (κ1) is 14.2. The van der Waals surface area contributed by atoms with Crippen molar-refractivity contribution < 1.29 is 4.42 Å². The fourth-order valence-corrected chi connectivity index (χ4v) is 3.60. The van der Waals surface area contributed by atoms with Gasteiger partial charge in [0.15, 0.2) is 11.7 Å². The lowest BCUT2D eigenvalue weighted by molar-refractivity contribution is 0.521. The lowest BCUT2D eigenvalue weighted by Gasteiger charge is -2.02. The number of thiophene rings is 1. The third-order valence-electron chi connectivity index (χ3n) is 3.47.